The van der Waals surface area contributed by atoms with Gasteiger partial charge in [0.25, 0.3) is 0 Å². The molecule has 2 atom stereocenters. The Morgan fingerprint density at radius 1 is 1.26 bits per heavy atom. The molecule has 0 aromatic heterocycles. The molecule has 4 heteroatoms. The van der Waals surface area contributed by atoms with E-state index >= 15 is 0 Å². The van der Waals surface area contributed by atoms with Crippen molar-refractivity contribution in [2.75, 3.05) is 46.6 Å². The van der Waals surface area contributed by atoms with Crippen LogP contribution in [0, 0.1) is 5.92 Å². The van der Waals surface area contributed by atoms with Gasteiger partial charge in [0.2, 0.25) is 0 Å². The fraction of sp³-hybridized carbons (Fsp3) is 1.00. The van der Waals surface area contributed by atoms with E-state index in [2.05, 4.69) is 31.0 Å². The first-order valence-electron chi connectivity index (χ1n) is 7.73. The second kappa shape index (κ2) is 9.70. The van der Waals surface area contributed by atoms with Crippen molar-refractivity contribution in [2.45, 2.75) is 45.7 Å². The normalized spacial score (nSPS) is 25.1. The zero-order chi connectivity index (χ0) is 14.1. The first-order chi connectivity index (χ1) is 9.19. The molecule has 1 aliphatic heterocycles. The number of methoxy groups -OCH3 is 1. The maximum atomic E-state index is 5.54. The van der Waals surface area contributed by atoms with Crippen molar-refractivity contribution in [3.8, 4) is 0 Å². The van der Waals surface area contributed by atoms with E-state index in [1.807, 2.05) is 0 Å². The van der Waals surface area contributed by atoms with Gasteiger partial charge in [-0.25, -0.2) is 0 Å². The fourth-order valence-corrected chi connectivity index (χ4v) is 2.62. The van der Waals surface area contributed by atoms with Crippen LogP contribution in [0.5, 0.6) is 0 Å². The van der Waals surface area contributed by atoms with Crippen molar-refractivity contribution in [3.63, 3.8) is 0 Å². The molecular weight excluding hydrogens is 240 g/mol. The number of nitrogens with one attached hydrogen (secondary N) is 1. The van der Waals surface area contributed by atoms with E-state index in [0.29, 0.717) is 31.2 Å². The number of ether oxygens (including phenoxy) is 2. The Balaban J connectivity index is 2.23. The smallest absolute Gasteiger partial charge is 0.0700 e. The molecule has 114 valence electrons. The molecule has 1 aliphatic rings. The number of nitrogens with zero attached hydrogens (tertiary/aromatic N) is 1. The molecule has 2 unspecified atom stereocenters. The molecule has 0 amide bonds. The van der Waals surface area contributed by atoms with Crippen molar-refractivity contribution in [3.05, 3.63) is 0 Å². The Morgan fingerprint density at radius 3 is 2.68 bits per heavy atom. The Labute approximate surface area is 118 Å². The zero-order valence-corrected chi connectivity index (χ0v) is 13.2. The first-order valence-corrected chi connectivity index (χ1v) is 7.73. The molecule has 0 spiro atoms. The van der Waals surface area contributed by atoms with Gasteiger partial charge in [0, 0.05) is 45.4 Å². The van der Waals surface area contributed by atoms with E-state index in [4.69, 9.17) is 9.47 Å². The van der Waals surface area contributed by atoms with Gasteiger partial charge in [0.1, 0.15) is 0 Å². The van der Waals surface area contributed by atoms with Gasteiger partial charge in [0.05, 0.1) is 13.2 Å². The third-order valence-corrected chi connectivity index (χ3v) is 4.01. The van der Waals surface area contributed by atoms with Gasteiger partial charge in [-0.05, 0) is 18.8 Å². The second-order valence-corrected chi connectivity index (χ2v) is 5.77. The average molecular weight is 272 g/mol. The molecular formula is C15H32N2O2. The van der Waals surface area contributed by atoms with Crippen LogP contribution in [-0.4, -0.2) is 63.5 Å². The van der Waals surface area contributed by atoms with Crippen LogP contribution in [0.25, 0.3) is 0 Å². The molecule has 4 nitrogen and oxygen atoms in total. The van der Waals surface area contributed by atoms with Gasteiger partial charge in [0.15, 0.2) is 0 Å². The van der Waals surface area contributed by atoms with Crippen LogP contribution >= 0.6 is 0 Å². The monoisotopic (exact) mass is 272 g/mol. The Bertz CT molecular complexity index is 224. The van der Waals surface area contributed by atoms with E-state index in [1.165, 1.54) is 13.0 Å². The minimum atomic E-state index is 0.636. The first kappa shape index (κ1) is 16.9. The summed E-state index contributed by atoms with van der Waals surface area (Å²) >= 11 is 0. The fourth-order valence-electron chi connectivity index (χ4n) is 2.62. The standard InChI is InChI=1S/C15H32N2O2/c1-5-14-11-16-15(13(2)3)12-17(14)7-6-8-19-10-9-18-4/h13-16H,5-12H2,1-4H3. The summed E-state index contributed by atoms with van der Waals surface area (Å²) in [4.78, 5) is 2.64. The number of rotatable bonds is 9. The molecule has 19 heavy (non-hydrogen) atoms. The van der Waals surface area contributed by atoms with E-state index in [0.717, 1.165) is 26.1 Å². The Kier molecular flexibility index (Phi) is 8.62. The summed E-state index contributed by atoms with van der Waals surface area (Å²) in [5, 5.41) is 3.68. The summed E-state index contributed by atoms with van der Waals surface area (Å²) in [7, 11) is 1.71. The lowest BCUT2D eigenvalue weighted by molar-refractivity contribution is 0.0551. The predicted octanol–water partition coefficient (Wildman–Crippen LogP) is 1.75. The van der Waals surface area contributed by atoms with Gasteiger partial charge < -0.3 is 14.8 Å². The Morgan fingerprint density at radius 2 is 2.05 bits per heavy atom. The lowest BCUT2D eigenvalue weighted by atomic mass is 9.98. The van der Waals surface area contributed by atoms with Gasteiger partial charge in [-0.15, -0.1) is 0 Å². The molecule has 0 aromatic rings. The highest BCUT2D eigenvalue weighted by molar-refractivity contribution is 4.86. The maximum absolute atomic E-state index is 5.54. The van der Waals surface area contributed by atoms with Gasteiger partial charge in [-0.3, -0.25) is 4.90 Å². The molecule has 0 saturated carbocycles. The third-order valence-electron chi connectivity index (χ3n) is 4.01. The van der Waals surface area contributed by atoms with Crippen LogP contribution < -0.4 is 5.32 Å². The molecule has 1 rings (SSSR count). The molecule has 1 N–H and O–H groups in total. The van der Waals surface area contributed by atoms with Crippen molar-refractivity contribution in [1.29, 1.82) is 0 Å². The maximum Gasteiger partial charge on any atom is 0.0700 e. The van der Waals surface area contributed by atoms with Crippen molar-refractivity contribution in [2.24, 2.45) is 5.92 Å². The Hall–Kier alpha value is -0.160. The highest BCUT2D eigenvalue weighted by Gasteiger charge is 2.27. The highest BCUT2D eigenvalue weighted by Crippen LogP contribution is 2.15. The largest absolute Gasteiger partial charge is 0.382 e. The number of hydrogen-bond donors (Lipinski definition) is 1. The van der Waals surface area contributed by atoms with E-state index < -0.39 is 0 Å². The molecule has 0 bridgehead atoms. The van der Waals surface area contributed by atoms with E-state index in [-0.39, 0.29) is 0 Å². The SMILES string of the molecule is CCC1CNC(C(C)C)CN1CCCOCCOC. The summed E-state index contributed by atoms with van der Waals surface area (Å²) < 4.78 is 10.5. The molecule has 1 heterocycles. The summed E-state index contributed by atoms with van der Waals surface area (Å²) in [5.41, 5.74) is 0. The summed E-state index contributed by atoms with van der Waals surface area (Å²) in [6, 6.07) is 1.33. The lowest BCUT2D eigenvalue weighted by Crippen LogP contribution is -2.58. The van der Waals surface area contributed by atoms with Crippen LogP contribution in [0.2, 0.25) is 0 Å². The van der Waals surface area contributed by atoms with Crippen molar-refractivity contribution >= 4 is 0 Å². The minimum absolute atomic E-state index is 0.636. The van der Waals surface area contributed by atoms with Gasteiger partial charge in [-0.1, -0.05) is 20.8 Å². The van der Waals surface area contributed by atoms with Crippen LogP contribution in [0.3, 0.4) is 0 Å². The van der Waals surface area contributed by atoms with E-state index in [1.54, 1.807) is 7.11 Å². The molecule has 1 fully saturated rings. The molecule has 0 aliphatic carbocycles. The molecule has 1 saturated heterocycles. The zero-order valence-electron chi connectivity index (χ0n) is 13.2. The lowest BCUT2D eigenvalue weighted by Gasteiger charge is -2.41. The summed E-state index contributed by atoms with van der Waals surface area (Å²) in [6.07, 6.45) is 2.34. The number of hydrogen-bond acceptors (Lipinski definition) is 4. The van der Waals surface area contributed by atoms with Crippen LogP contribution in [0.15, 0.2) is 0 Å². The predicted molar refractivity (Wildman–Crippen MR) is 79.6 cm³/mol. The molecule has 0 radical (unpaired) electrons. The topological polar surface area (TPSA) is 33.7 Å². The highest BCUT2D eigenvalue weighted by atomic mass is 16.5. The summed E-state index contributed by atoms with van der Waals surface area (Å²) in [6.45, 7) is 12.6. The molecule has 0 aromatic carbocycles. The van der Waals surface area contributed by atoms with Gasteiger partial charge in [-0.2, -0.15) is 0 Å². The van der Waals surface area contributed by atoms with E-state index in [9.17, 15) is 0 Å². The second-order valence-electron chi connectivity index (χ2n) is 5.77. The minimum Gasteiger partial charge on any atom is -0.382 e. The third kappa shape index (κ3) is 6.21. The number of piperazine rings is 1. The van der Waals surface area contributed by atoms with Crippen LogP contribution in [-0.2, 0) is 9.47 Å². The van der Waals surface area contributed by atoms with Crippen LogP contribution in [0.4, 0.5) is 0 Å². The summed E-state index contributed by atoms with van der Waals surface area (Å²) in [5.74, 6) is 0.707. The van der Waals surface area contributed by atoms with Crippen molar-refractivity contribution < 1.29 is 9.47 Å². The van der Waals surface area contributed by atoms with Crippen LogP contribution in [0.1, 0.15) is 33.6 Å². The quantitative estimate of drug-likeness (QED) is 0.648. The van der Waals surface area contributed by atoms with Crippen molar-refractivity contribution in [1.82, 2.24) is 10.2 Å². The average Bonchev–Trinajstić information content (AvgIpc) is 2.42. The van der Waals surface area contributed by atoms with Gasteiger partial charge >= 0.3 is 0 Å².